The Bertz CT molecular complexity index is 484. The lowest BCUT2D eigenvalue weighted by atomic mass is 10.1. The second kappa shape index (κ2) is 4.77. The number of esters is 1. The van der Waals surface area contributed by atoms with E-state index in [2.05, 4.69) is 4.74 Å². The Kier molecular flexibility index (Phi) is 1.51. The molecule has 2 N–H and O–H groups in total. The lowest BCUT2D eigenvalue weighted by Crippen LogP contribution is -2.25. The molecule has 0 aliphatic rings. The van der Waals surface area contributed by atoms with E-state index in [4.69, 9.17) is 15.3 Å². The average Bonchev–Trinajstić information content (AvgIpc) is 2.36. The summed E-state index contributed by atoms with van der Waals surface area (Å²) >= 11 is 0. The van der Waals surface area contributed by atoms with Crippen LogP contribution in [0.5, 0.6) is 0 Å². The Morgan fingerprint density at radius 1 is 1.50 bits per heavy atom. The highest BCUT2D eigenvalue weighted by Crippen LogP contribution is 2.11. The summed E-state index contributed by atoms with van der Waals surface area (Å²) in [6, 6.07) is 6.51. The Labute approximate surface area is 93.7 Å². The first-order valence-corrected chi connectivity index (χ1v) is 3.93. The topological polar surface area (TPSA) is 52.3 Å². The molecule has 1 atom stereocenters. The zero-order valence-corrected chi connectivity index (χ0v) is 7.36. The molecule has 0 radical (unpaired) electrons. The summed E-state index contributed by atoms with van der Waals surface area (Å²) in [7, 11) is 0. The molecule has 3 heteroatoms. The van der Waals surface area contributed by atoms with Gasteiger partial charge in [0.05, 0.1) is 7.45 Å². The Balaban J connectivity index is 3.03. The molecular weight excluding hydrogens is 178 g/mol. The van der Waals surface area contributed by atoms with Crippen LogP contribution in [0.15, 0.2) is 30.3 Å². The fourth-order valence-corrected chi connectivity index (χ4v) is 0.961. The number of hydrogen-bond donors (Lipinski definition) is 1. The largest absolute Gasteiger partial charge is 0.462 e. The highest BCUT2D eigenvalue weighted by atomic mass is 16.5. The molecule has 0 aliphatic heterocycles. The van der Waals surface area contributed by atoms with Crippen molar-refractivity contribution in [3.05, 3.63) is 35.9 Å². The van der Waals surface area contributed by atoms with Gasteiger partial charge in [-0.2, -0.15) is 0 Å². The molecule has 0 fully saturated rings. The van der Waals surface area contributed by atoms with Crippen molar-refractivity contribution in [2.24, 2.45) is 5.73 Å². The molecule has 0 aromatic heterocycles. The molecule has 0 aliphatic carbocycles. The number of ether oxygens (including phenoxy) is 1. The van der Waals surface area contributed by atoms with Crippen molar-refractivity contribution >= 4 is 5.97 Å². The Hall–Kier alpha value is -1.35. The monoisotopic (exact) mass is 200 g/mol. The lowest BCUT2D eigenvalue weighted by molar-refractivity contribution is -0.149. The molecule has 1 aromatic carbocycles. The van der Waals surface area contributed by atoms with Gasteiger partial charge in [-0.15, -0.1) is 0 Å². The van der Waals surface area contributed by atoms with Crippen LogP contribution in [-0.2, 0) is 9.53 Å². The third-order valence-corrected chi connectivity index (χ3v) is 1.62. The van der Waals surface area contributed by atoms with Gasteiger partial charge in [0.15, 0.2) is 0 Å². The fourth-order valence-electron chi connectivity index (χ4n) is 0.961. The lowest BCUT2D eigenvalue weighted by Gasteiger charge is -2.13. The molecule has 0 heterocycles. The second-order valence-corrected chi connectivity index (χ2v) is 2.64. The van der Waals surface area contributed by atoms with Crippen molar-refractivity contribution in [2.75, 3.05) is 0 Å². The van der Waals surface area contributed by atoms with Crippen LogP contribution in [-0.4, -0.2) is 12.0 Å². The number of benzene rings is 1. The summed E-state index contributed by atoms with van der Waals surface area (Å²) in [6.07, 6.45) is -3.37. The predicted octanol–water partition coefficient (Wildman–Crippen LogP) is 1.64. The van der Waals surface area contributed by atoms with E-state index in [9.17, 15) is 4.79 Å². The highest BCUT2D eigenvalue weighted by molar-refractivity contribution is 5.77. The van der Waals surface area contributed by atoms with E-state index in [-0.39, 0.29) is 0 Å². The minimum absolute atomic E-state index is 0.320. The molecule has 0 spiro atoms. The minimum Gasteiger partial charge on any atom is -0.462 e. The van der Waals surface area contributed by atoms with Crippen LogP contribution in [0.4, 0.5) is 0 Å². The molecule has 76 valence electrons. The summed E-state index contributed by atoms with van der Waals surface area (Å²) in [5, 5.41) is 0. The van der Waals surface area contributed by atoms with Gasteiger partial charge in [-0.1, -0.05) is 30.3 Å². The summed E-state index contributed by atoms with van der Waals surface area (Å²) < 4.78 is 54.9. The fraction of sp³-hybridized carbons (Fsp3) is 0.364. The summed E-state index contributed by atoms with van der Waals surface area (Å²) in [5.41, 5.74) is 5.93. The highest BCUT2D eigenvalue weighted by Gasteiger charge is 2.17. The van der Waals surface area contributed by atoms with Crippen molar-refractivity contribution in [3.8, 4) is 0 Å². The standard InChI is InChI=1S/C11H15NO2/c1-8(2)14-11(13)10(12)9-6-4-3-5-7-9/h3-8,10H,12H2,1-2H3/t10-/m1/s1/i1D3,2D3,8D. The molecule has 0 amide bonds. The van der Waals surface area contributed by atoms with E-state index < -0.39 is 31.8 Å². The first-order valence-electron chi connectivity index (χ1n) is 7.43. The maximum atomic E-state index is 11.9. The van der Waals surface area contributed by atoms with Crippen LogP contribution >= 0.6 is 0 Å². The van der Waals surface area contributed by atoms with Crippen molar-refractivity contribution in [1.82, 2.24) is 0 Å². The Morgan fingerprint density at radius 3 is 2.71 bits per heavy atom. The van der Waals surface area contributed by atoms with Gasteiger partial charge in [0.25, 0.3) is 0 Å². The predicted molar refractivity (Wildman–Crippen MR) is 54.6 cm³/mol. The van der Waals surface area contributed by atoms with E-state index in [1.807, 2.05) is 0 Å². The van der Waals surface area contributed by atoms with Gasteiger partial charge in [0, 0.05) is 8.22 Å². The van der Waals surface area contributed by atoms with Gasteiger partial charge in [0.2, 0.25) is 0 Å². The quantitative estimate of drug-likeness (QED) is 0.755. The van der Waals surface area contributed by atoms with Crippen LogP contribution in [0.25, 0.3) is 0 Å². The molecule has 14 heavy (non-hydrogen) atoms. The van der Waals surface area contributed by atoms with Gasteiger partial charge in [-0.05, 0) is 19.3 Å². The molecular formula is C11H15NO2. The van der Waals surface area contributed by atoms with Crippen molar-refractivity contribution in [2.45, 2.75) is 25.8 Å². The number of carbonyl (C=O) groups excluding carboxylic acids is 1. The molecule has 0 saturated carbocycles. The van der Waals surface area contributed by atoms with Gasteiger partial charge >= 0.3 is 5.97 Å². The van der Waals surface area contributed by atoms with E-state index in [0.717, 1.165) is 0 Å². The SMILES string of the molecule is [2H]C([2H])([2H])C([2H])(OC(=O)[C@H](N)c1ccccc1)C([2H])([2H])[2H]. The number of carbonyl (C=O) groups is 1. The van der Waals surface area contributed by atoms with E-state index >= 15 is 0 Å². The number of nitrogens with two attached hydrogens (primary N) is 1. The third-order valence-electron chi connectivity index (χ3n) is 1.62. The van der Waals surface area contributed by atoms with E-state index in [1.54, 1.807) is 18.2 Å². The van der Waals surface area contributed by atoms with Crippen molar-refractivity contribution in [1.29, 1.82) is 0 Å². The number of rotatable bonds is 3. The Morgan fingerprint density at radius 2 is 2.14 bits per heavy atom. The first-order chi connectivity index (χ1) is 9.40. The minimum atomic E-state index is -3.37. The molecule has 0 saturated heterocycles. The molecule has 1 rings (SSSR count). The maximum absolute atomic E-state index is 11.9. The summed E-state index contributed by atoms with van der Waals surface area (Å²) in [4.78, 5) is 11.9. The van der Waals surface area contributed by atoms with Gasteiger partial charge in [-0.3, -0.25) is 0 Å². The van der Waals surface area contributed by atoms with Crippen LogP contribution in [0.3, 0.4) is 0 Å². The van der Waals surface area contributed by atoms with Gasteiger partial charge < -0.3 is 10.5 Å². The van der Waals surface area contributed by atoms with Gasteiger partial charge in [-0.25, -0.2) is 4.79 Å². The third kappa shape index (κ3) is 2.85. The summed E-state index contributed by atoms with van der Waals surface area (Å²) in [5.74, 6) is -1.29. The van der Waals surface area contributed by atoms with Crippen molar-refractivity contribution in [3.63, 3.8) is 0 Å². The molecule has 1 aromatic rings. The normalized spacial score (nSPS) is 22.5. The van der Waals surface area contributed by atoms with Crippen molar-refractivity contribution < 1.29 is 19.1 Å². The molecule has 0 unspecified atom stereocenters. The second-order valence-electron chi connectivity index (χ2n) is 2.64. The van der Waals surface area contributed by atoms with E-state index in [0.29, 0.717) is 5.56 Å². The zero-order valence-electron chi connectivity index (χ0n) is 14.4. The van der Waals surface area contributed by atoms with Crippen LogP contribution < -0.4 is 5.73 Å². The maximum Gasteiger partial charge on any atom is 0.327 e. The van der Waals surface area contributed by atoms with Crippen LogP contribution in [0.1, 0.15) is 34.9 Å². The molecule has 3 nitrogen and oxygen atoms in total. The first kappa shape index (κ1) is 4.45. The van der Waals surface area contributed by atoms with Gasteiger partial charge in [0.1, 0.15) is 6.04 Å². The average molecular weight is 200 g/mol. The summed E-state index contributed by atoms with van der Waals surface area (Å²) in [6.45, 7) is -6.69. The number of hydrogen-bond acceptors (Lipinski definition) is 3. The smallest absolute Gasteiger partial charge is 0.327 e. The zero-order chi connectivity index (χ0) is 16.5. The van der Waals surface area contributed by atoms with E-state index in [1.165, 1.54) is 12.1 Å². The molecule has 0 bridgehead atoms. The van der Waals surface area contributed by atoms with Crippen LogP contribution in [0.2, 0.25) is 0 Å². The van der Waals surface area contributed by atoms with Crippen LogP contribution in [0, 0.1) is 0 Å².